The number of aromatic nitrogens is 4. The van der Waals surface area contributed by atoms with E-state index in [0.29, 0.717) is 6.54 Å². The van der Waals surface area contributed by atoms with Crippen LogP contribution in [-0.4, -0.2) is 25.3 Å². The summed E-state index contributed by atoms with van der Waals surface area (Å²) in [5.41, 5.74) is 2.13. The largest absolute Gasteiger partial charge is 0.245 e. The van der Waals surface area contributed by atoms with Gasteiger partial charge in [-0.15, -0.1) is 16.4 Å². The lowest BCUT2D eigenvalue weighted by Gasteiger charge is -1.94. The van der Waals surface area contributed by atoms with Crippen molar-refractivity contribution in [1.29, 1.82) is 0 Å². The Balaban J connectivity index is 2.08. The molecular weight excluding hydrogens is 288 g/mol. The summed E-state index contributed by atoms with van der Waals surface area (Å²) in [5, 5.41) is 10.2. The maximum Gasteiger partial charge on any atom is 0.115 e. The van der Waals surface area contributed by atoms with Gasteiger partial charge in [-0.3, -0.25) is 0 Å². The molecule has 2 aromatic heterocycles. The summed E-state index contributed by atoms with van der Waals surface area (Å²) in [5.74, 6) is 0. The maximum atomic E-state index is 4.48. The molecule has 0 aliphatic rings. The molecule has 0 atom stereocenters. The molecule has 0 aromatic carbocycles. The SMILES string of the molecule is Cc1nc(Cn2cc(CCBr)nn2)sc1C. The molecule has 0 bridgehead atoms. The molecule has 0 fully saturated rings. The van der Waals surface area contributed by atoms with Gasteiger partial charge in [0.15, 0.2) is 0 Å². The Morgan fingerprint density at radius 3 is 2.88 bits per heavy atom. The van der Waals surface area contributed by atoms with E-state index in [0.717, 1.165) is 28.1 Å². The second kappa shape index (κ2) is 5.05. The van der Waals surface area contributed by atoms with Crippen molar-refractivity contribution in [1.82, 2.24) is 20.0 Å². The first-order valence-corrected chi connectivity index (χ1v) is 7.00. The lowest BCUT2D eigenvalue weighted by molar-refractivity contribution is 0.646. The van der Waals surface area contributed by atoms with Gasteiger partial charge in [0, 0.05) is 22.8 Å². The third kappa shape index (κ3) is 2.68. The predicted molar refractivity (Wildman–Crippen MR) is 68.2 cm³/mol. The van der Waals surface area contributed by atoms with E-state index >= 15 is 0 Å². The molecule has 6 heteroatoms. The van der Waals surface area contributed by atoms with Crippen LogP contribution in [0.2, 0.25) is 0 Å². The molecule has 86 valence electrons. The fourth-order valence-electron chi connectivity index (χ4n) is 1.37. The van der Waals surface area contributed by atoms with E-state index in [4.69, 9.17) is 0 Å². The van der Waals surface area contributed by atoms with Crippen LogP contribution < -0.4 is 0 Å². The van der Waals surface area contributed by atoms with Gasteiger partial charge in [-0.05, 0) is 13.8 Å². The highest BCUT2D eigenvalue weighted by Crippen LogP contribution is 2.17. The minimum Gasteiger partial charge on any atom is -0.245 e. The number of hydrogen-bond acceptors (Lipinski definition) is 4. The van der Waals surface area contributed by atoms with Gasteiger partial charge in [-0.2, -0.15) is 0 Å². The first-order chi connectivity index (χ1) is 7.69. The van der Waals surface area contributed by atoms with Crippen molar-refractivity contribution in [3.8, 4) is 0 Å². The van der Waals surface area contributed by atoms with Crippen LogP contribution in [0.25, 0.3) is 0 Å². The zero-order valence-corrected chi connectivity index (χ0v) is 11.7. The highest BCUT2D eigenvalue weighted by atomic mass is 79.9. The molecule has 0 saturated heterocycles. The van der Waals surface area contributed by atoms with E-state index < -0.39 is 0 Å². The molecule has 0 radical (unpaired) electrons. The molecule has 2 rings (SSSR count). The second-order valence-corrected chi connectivity index (χ2v) is 5.68. The van der Waals surface area contributed by atoms with E-state index in [-0.39, 0.29) is 0 Å². The molecule has 0 aliphatic heterocycles. The summed E-state index contributed by atoms with van der Waals surface area (Å²) in [6, 6.07) is 0. The highest BCUT2D eigenvalue weighted by Gasteiger charge is 2.06. The first kappa shape index (κ1) is 11.7. The summed E-state index contributed by atoms with van der Waals surface area (Å²) in [7, 11) is 0. The number of halogens is 1. The zero-order valence-electron chi connectivity index (χ0n) is 9.27. The quantitative estimate of drug-likeness (QED) is 0.814. The van der Waals surface area contributed by atoms with Crippen molar-refractivity contribution < 1.29 is 0 Å². The van der Waals surface area contributed by atoms with Gasteiger partial charge in [-0.1, -0.05) is 21.1 Å². The number of thiazole rings is 1. The van der Waals surface area contributed by atoms with Crippen LogP contribution in [0.5, 0.6) is 0 Å². The Bertz CT molecular complexity index is 457. The molecule has 0 N–H and O–H groups in total. The molecule has 0 aliphatic carbocycles. The first-order valence-electron chi connectivity index (χ1n) is 5.07. The second-order valence-electron chi connectivity index (χ2n) is 3.60. The molecular formula is C10H13BrN4S. The van der Waals surface area contributed by atoms with Crippen molar-refractivity contribution in [2.24, 2.45) is 0 Å². The molecule has 2 heterocycles. The summed E-state index contributed by atoms with van der Waals surface area (Å²) in [6.45, 7) is 4.84. The summed E-state index contributed by atoms with van der Waals surface area (Å²) in [6.07, 6.45) is 2.89. The Labute approximate surface area is 107 Å². The molecule has 4 nitrogen and oxygen atoms in total. The third-order valence-corrected chi connectivity index (χ3v) is 3.76. The number of rotatable bonds is 4. The maximum absolute atomic E-state index is 4.48. The van der Waals surface area contributed by atoms with Crippen molar-refractivity contribution in [3.63, 3.8) is 0 Å². The molecule has 0 unspecified atom stereocenters. The topological polar surface area (TPSA) is 43.6 Å². The molecule has 16 heavy (non-hydrogen) atoms. The standard InChI is InChI=1S/C10H13BrN4S/c1-7-8(2)16-10(12-7)6-15-5-9(3-4-11)13-14-15/h5H,3-4,6H2,1-2H3. The van der Waals surface area contributed by atoms with Gasteiger partial charge >= 0.3 is 0 Å². The Morgan fingerprint density at radius 1 is 1.44 bits per heavy atom. The van der Waals surface area contributed by atoms with Crippen LogP contribution in [-0.2, 0) is 13.0 Å². The third-order valence-electron chi connectivity index (χ3n) is 2.31. The normalized spacial score (nSPS) is 10.9. The minimum atomic E-state index is 0.717. The van der Waals surface area contributed by atoms with Crippen LogP contribution in [0.15, 0.2) is 6.20 Å². The lowest BCUT2D eigenvalue weighted by atomic mass is 10.4. The van der Waals surface area contributed by atoms with E-state index in [9.17, 15) is 0 Å². The van der Waals surface area contributed by atoms with E-state index in [1.54, 1.807) is 11.3 Å². The van der Waals surface area contributed by atoms with Crippen molar-refractivity contribution in [2.45, 2.75) is 26.8 Å². The number of nitrogens with zero attached hydrogens (tertiary/aromatic N) is 4. The monoisotopic (exact) mass is 300 g/mol. The van der Waals surface area contributed by atoms with Crippen molar-refractivity contribution in [3.05, 3.63) is 27.5 Å². The molecule has 2 aromatic rings. The summed E-state index contributed by atoms with van der Waals surface area (Å²) >= 11 is 5.11. The van der Waals surface area contributed by atoms with Crippen LogP contribution in [0.3, 0.4) is 0 Å². The summed E-state index contributed by atoms with van der Waals surface area (Å²) < 4.78 is 1.84. The lowest BCUT2D eigenvalue weighted by Crippen LogP contribution is -1.99. The number of aryl methyl sites for hydroxylation is 3. The van der Waals surface area contributed by atoms with Crippen molar-refractivity contribution in [2.75, 3.05) is 5.33 Å². The van der Waals surface area contributed by atoms with Gasteiger partial charge in [0.2, 0.25) is 0 Å². The predicted octanol–water partition coefficient (Wildman–Crippen LogP) is 2.34. The van der Waals surface area contributed by atoms with Gasteiger partial charge < -0.3 is 0 Å². The zero-order chi connectivity index (χ0) is 11.5. The number of hydrogen-bond donors (Lipinski definition) is 0. The smallest absolute Gasteiger partial charge is 0.115 e. The van der Waals surface area contributed by atoms with Crippen LogP contribution in [0, 0.1) is 13.8 Å². The highest BCUT2D eigenvalue weighted by molar-refractivity contribution is 9.09. The fourth-order valence-corrected chi connectivity index (χ4v) is 2.70. The van der Waals surface area contributed by atoms with Gasteiger partial charge in [-0.25, -0.2) is 9.67 Å². The van der Waals surface area contributed by atoms with Crippen LogP contribution >= 0.6 is 27.3 Å². The van der Waals surface area contributed by atoms with Gasteiger partial charge in [0.25, 0.3) is 0 Å². The van der Waals surface area contributed by atoms with E-state index in [1.165, 1.54) is 4.88 Å². The van der Waals surface area contributed by atoms with Gasteiger partial charge in [0.05, 0.1) is 17.9 Å². The average Bonchev–Trinajstić information content (AvgIpc) is 2.77. The van der Waals surface area contributed by atoms with E-state index in [2.05, 4.69) is 38.1 Å². The molecule has 0 spiro atoms. The Morgan fingerprint density at radius 2 is 2.25 bits per heavy atom. The number of alkyl halides is 1. The average molecular weight is 301 g/mol. The molecule has 0 saturated carbocycles. The minimum absolute atomic E-state index is 0.717. The van der Waals surface area contributed by atoms with Crippen LogP contribution in [0.4, 0.5) is 0 Å². The summed E-state index contributed by atoms with van der Waals surface area (Å²) in [4.78, 5) is 5.76. The molecule has 0 amide bonds. The van der Waals surface area contributed by atoms with E-state index in [1.807, 2.05) is 17.8 Å². The van der Waals surface area contributed by atoms with Crippen molar-refractivity contribution >= 4 is 27.3 Å². The Kier molecular flexibility index (Phi) is 3.70. The van der Waals surface area contributed by atoms with Crippen LogP contribution in [0.1, 0.15) is 21.3 Å². The van der Waals surface area contributed by atoms with Gasteiger partial charge in [0.1, 0.15) is 5.01 Å². The Hall–Kier alpha value is -0.750. The fraction of sp³-hybridized carbons (Fsp3) is 0.500.